The third kappa shape index (κ3) is 8.42. The van der Waals surface area contributed by atoms with Gasteiger partial charge in [-0.15, -0.1) is 0 Å². The molecular weight excluding hydrogens is 437 g/mol. The molecule has 0 saturated heterocycles. The summed E-state index contributed by atoms with van der Waals surface area (Å²) in [5, 5.41) is 11.9. The first-order chi connectivity index (χ1) is 11.6. The van der Waals surface area contributed by atoms with Crippen LogP contribution >= 0.6 is 22.6 Å². The summed E-state index contributed by atoms with van der Waals surface area (Å²) in [4.78, 5) is 23.4. The number of halogens is 1. The van der Waals surface area contributed by atoms with Crippen LogP contribution in [0.5, 0.6) is 5.75 Å². The van der Waals surface area contributed by atoms with Gasteiger partial charge in [0.05, 0.1) is 6.61 Å². The lowest BCUT2D eigenvalue weighted by molar-refractivity contribution is -0.139. The van der Waals surface area contributed by atoms with Crippen LogP contribution in [0.2, 0.25) is 0 Å². The average molecular weight is 463 g/mol. The van der Waals surface area contributed by atoms with Gasteiger partial charge in [-0.3, -0.25) is 0 Å². The number of benzene rings is 1. The highest BCUT2D eigenvalue weighted by Crippen LogP contribution is 2.23. The van der Waals surface area contributed by atoms with E-state index in [9.17, 15) is 14.7 Å². The fourth-order valence-corrected chi connectivity index (χ4v) is 2.60. The Balaban J connectivity index is 2.88. The molecule has 0 saturated carbocycles. The predicted molar refractivity (Wildman–Crippen MR) is 104 cm³/mol. The Kier molecular flexibility index (Phi) is 8.47. The lowest BCUT2D eigenvalue weighted by atomic mass is 10.0. The quantitative estimate of drug-likeness (QED) is 0.450. The normalized spacial score (nSPS) is 12.4. The molecule has 0 aromatic heterocycles. The summed E-state index contributed by atoms with van der Waals surface area (Å²) < 4.78 is 11.9. The fourth-order valence-electron chi connectivity index (χ4n) is 2.04. The van der Waals surface area contributed by atoms with Crippen LogP contribution < -0.4 is 10.1 Å². The zero-order chi connectivity index (χ0) is 19.0. The van der Waals surface area contributed by atoms with E-state index in [1.807, 2.05) is 18.2 Å². The van der Waals surface area contributed by atoms with E-state index >= 15 is 0 Å². The van der Waals surface area contributed by atoms with Crippen LogP contribution in [0, 0.1) is 3.57 Å². The standard InChI is InChI=1S/C18H26INO5/c1-5-6-9-24-15-8-7-13(19)10-12(15)11-14(16(21)22)20-17(23)25-18(2,3)4/h7-8,10,14H,5-6,9,11H2,1-4H3,(H,20,23)(H,21,22). The molecule has 0 radical (unpaired) electrons. The molecule has 0 fully saturated rings. The highest BCUT2D eigenvalue weighted by Gasteiger charge is 2.25. The molecule has 2 N–H and O–H groups in total. The van der Waals surface area contributed by atoms with Gasteiger partial charge in [0.2, 0.25) is 0 Å². The van der Waals surface area contributed by atoms with Crippen molar-refractivity contribution >= 4 is 34.7 Å². The second-order valence-corrected chi connectivity index (χ2v) is 7.94. The minimum absolute atomic E-state index is 0.118. The second-order valence-electron chi connectivity index (χ2n) is 6.70. The summed E-state index contributed by atoms with van der Waals surface area (Å²) >= 11 is 2.16. The van der Waals surface area contributed by atoms with Gasteiger partial charge in [0.25, 0.3) is 0 Å². The Morgan fingerprint density at radius 1 is 1.32 bits per heavy atom. The van der Waals surface area contributed by atoms with E-state index in [0.717, 1.165) is 22.0 Å². The summed E-state index contributed by atoms with van der Waals surface area (Å²) in [6, 6.07) is 4.51. The van der Waals surface area contributed by atoms with Crippen LogP contribution in [0.15, 0.2) is 18.2 Å². The number of alkyl carbamates (subject to hydrolysis) is 1. The summed E-state index contributed by atoms with van der Waals surface area (Å²) in [5.74, 6) is -0.477. The lowest BCUT2D eigenvalue weighted by Gasteiger charge is -2.22. The van der Waals surface area contributed by atoms with E-state index in [1.54, 1.807) is 20.8 Å². The zero-order valence-electron chi connectivity index (χ0n) is 15.1. The van der Waals surface area contributed by atoms with Crippen LogP contribution in [0.25, 0.3) is 0 Å². The lowest BCUT2D eigenvalue weighted by Crippen LogP contribution is -2.44. The Morgan fingerprint density at radius 2 is 2.00 bits per heavy atom. The number of carbonyl (C=O) groups excluding carboxylic acids is 1. The van der Waals surface area contributed by atoms with Crippen molar-refractivity contribution < 1.29 is 24.2 Å². The van der Waals surface area contributed by atoms with Crippen LogP contribution in [0.3, 0.4) is 0 Å². The monoisotopic (exact) mass is 463 g/mol. The maximum atomic E-state index is 11.9. The number of unbranched alkanes of at least 4 members (excludes halogenated alkanes) is 1. The van der Waals surface area contributed by atoms with Crippen molar-refractivity contribution in [1.29, 1.82) is 0 Å². The van der Waals surface area contributed by atoms with E-state index in [-0.39, 0.29) is 6.42 Å². The van der Waals surface area contributed by atoms with Gasteiger partial charge in [-0.25, -0.2) is 9.59 Å². The number of nitrogens with one attached hydrogen (secondary N) is 1. The summed E-state index contributed by atoms with van der Waals surface area (Å²) in [5.41, 5.74) is 0.0513. The number of carbonyl (C=O) groups is 2. The van der Waals surface area contributed by atoms with Crippen molar-refractivity contribution in [3.8, 4) is 5.75 Å². The number of carboxylic acids is 1. The predicted octanol–water partition coefficient (Wildman–Crippen LogP) is 3.99. The maximum absolute atomic E-state index is 11.9. The SMILES string of the molecule is CCCCOc1ccc(I)cc1CC(NC(=O)OC(C)(C)C)C(=O)O. The number of amides is 1. The molecule has 1 aromatic rings. The first-order valence-corrected chi connectivity index (χ1v) is 9.33. The molecule has 0 aliphatic rings. The Bertz CT molecular complexity index is 598. The van der Waals surface area contributed by atoms with Gasteiger partial charge < -0.3 is 19.9 Å². The smallest absolute Gasteiger partial charge is 0.408 e. The minimum Gasteiger partial charge on any atom is -0.493 e. The van der Waals surface area contributed by atoms with E-state index < -0.39 is 23.7 Å². The molecule has 1 amide bonds. The molecule has 0 spiro atoms. The number of rotatable bonds is 8. The molecule has 25 heavy (non-hydrogen) atoms. The molecule has 1 unspecified atom stereocenters. The average Bonchev–Trinajstić information content (AvgIpc) is 2.47. The summed E-state index contributed by atoms with van der Waals surface area (Å²) in [6.07, 6.45) is 1.30. The van der Waals surface area contributed by atoms with E-state index in [4.69, 9.17) is 9.47 Å². The largest absolute Gasteiger partial charge is 0.493 e. The minimum atomic E-state index is -1.12. The van der Waals surface area contributed by atoms with Gasteiger partial charge in [-0.2, -0.15) is 0 Å². The van der Waals surface area contributed by atoms with Crippen LogP contribution in [0.4, 0.5) is 4.79 Å². The van der Waals surface area contributed by atoms with Crippen molar-refractivity contribution in [1.82, 2.24) is 5.32 Å². The van der Waals surface area contributed by atoms with Gasteiger partial charge in [-0.05, 0) is 73.5 Å². The molecule has 7 heteroatoms. The molecule has 1 aromatic carbocycles. The highest BCUT2D eigenvalue weighted by atomic mass is 127. The Labute approximate surface area is 162 Å². The van der Waals surface area contributed by atoms with Crippen molar-refractivity contribution in [2.45, 2.75) is 58.6 Å². The second kappa shape index (κ2) is 9.84. The molecule has 0 bridgehead atoms. The van der Waals surface area contributed by atoms with Crippen molar-refractivity contribution in [2.24, 2.45) is 0 Å². The Hall–Kier alpha value is -1.51. The number of aliphatic carboxylic acids is 1. The molecular formula is C18H26INO5. The summed E-state index contributed by atoms with van der Waals surface area (Å²) in [7, 11) is 0. The highest BCUT2D eigenvalue weighted by molar-refractivity contribution is 14.1. The van der Waals surface area contributed by atoms with Gasteiger partial charge >= 0.3 is 12.1 Å². The molecule has 0 heterocycles. The van der Waals surface area contributed by atoms with Gasteiger partial charge in [0, 0.05) is 9.99 Å². The number of ether oxygens (including phenoxy) is 2. The Morgan fingerprint density at radius 3 is 2.56 bits per heavy atom. The topological polar surface area (TPSA) is 84.9 Å². The van der Waals surface area contributed by atoms with Gasteiger partial charge in [0.1, 0.15) is 17.4 Å². The summed E-state index contributed by atoms with van der Waals surface area (Å²) in [6.45, 7) is 7.81. The van der Waals surface area contributed by atoms with Crippen LogP contribution in [0.1, 0.15) is 46.1 Å². The van der Waals surface area contributed by atoms with Crippen LogP contribution in [-0.4, -0.2) is 35.4 Å². The number of carboxylic acid groups (broad SMARTS) is 1. The molecule has 0 aliphatic carbocycles. The zero-order valence-corrected chi connectivity index (χ0v) is 17.3. The molecule has 140 valence electrons. The molecule has 6 nitrogen and oxygen atoms in total. The maximum Gasteiger partial charge on any atom is 0.408 e. The molecule has 1 rings (SSSR count). The van der Waals surface area contributed by atoms with Crippen molar-refractivity contribution in [3.63, 3.8) is 0 Å². The van der Waals surface area contributed by atoms with Crippen molar-refractivity contribution in [3.05, 3.63) is 27.3 Å². The van der Waals surface area contributed by atoms with E-state index in [1.165, 1.54) is 0 Å². The van der Waals surface area contributed by atoms with Gasteiger partial charge in [0.15, 0.2) is 0 Å². The van der Waals surface area contributed by atoms with E-state index in [0.29, 0.717) is 12.4 Å². The number of hydrogen-bond donors (Lipinski definition) is 2. The van der Waals surface area contributed by atoms with Gasteiger partial charge in [-0.1, -0.05) is 13.3 Å². The third-order valence-corrected chi connectivity index (χ3v) is 3.86. The van der Waals surface area contributed by atoms with E-state index in [2.05, 4.69) is 34.8 Å². The molecule has 0 aliphatic heterocycles. The fraction of sp³-hybridized carbons (Fsp3) is 0.556. The van der Waals surface area contributed by atoms with Crippen molar-refractivity contribution in [2.75, 3.05) is 6.61 Å². The van der Waals surface area contributed by atoms with Crippen LogP contribution in [-0.2, 0) is 16.0 Å². The first-order valence-electron chi connectivity index (χ1n) is 8.26. The molecule has 1 atom stereocenters. The third-order valence-electron chi connectivity index (χ3n) is 3.19. The first kappa shape index (κ1) is 21.5. The number of hydrogen-bond acceptors (Lipinski definition) is 4.